The summed E-state index contributed by atoms with van der Waals surface area (Å²) in [6.07, 6.45) is 1.000. The van der Waals surface area contributed by atoms with E-state index < -0.39 is 0 Å². The van der Waals surface area contributed by atoms with Gasteiger partial charge in [-0.3, -0.25) is 4.79 Å². The number of halogens is 1. The molecule has 2 atom stereocenters. The number of carbonyl (C=O) groups excluding carboxylic acids is 1. The van der Waals surface area contributed by atoms with Gasteiger partial charge in [-0.15, -0.1) is 12.4 Å². The van der Waals surface area contributed by atoms with Crippen molar-refractivity contribution in [2.24, 2.45) is 11.7 Å². The Kier molecular flexibility index (Phi) is 5.63. The molecule has 106 valence electrons. The number of nitrogens with zero attached hydrogens (tertiary/aromatic N) is 1. The molecule has 19 heavy (non-hydrogen) atoms. The quantitative estimate of drug-likeness (QED) is 0.923. The summed E-state index contributed by atoms with van der Waals surface area (Å²) in [7, 11) is 1.62. The van der Waals surface area contributed by atoms with E-state index in [-0.39, 0.29) is 24.4 Å². The second kappa shape index (κ2) is 6.78. The maximum absolute atomic E-state index is 12.3. The first-order chi connectivity index (χ1) is 8.61. The number of likely N-dealkylation sites (tertiary alicyclic amines) is 1. The average molecular weight is 285 g/mol. The van der Waals surface area contributed by atoms with E-state index in [9.17, 15) is 4.79 Å². The minimum absolute atomic E-state index is 0. The highest BCUT2D eigenvalue weighted by Crippen LogP contribution is 2.21. The van der Waals surface area contributed by atoms with Crippen LogP contribution >= 0.6 is 12.4 Å². The van der Waals surface area contributed by atoms with Crippen LogP contribution in [-0.4, -0.2) is 37.0 Å². The molecule has 1 saturated heterocycles. The summed E-state index contributed by atoms with van der Waals surface area (Å²) in [5.41, 5.74) is 6.59. The van der Waals surface area contributed by atoms with Crippen molar-refractivity contribution in [1.82, 2.24) is 4.90 Å². The van der Waals surface area contributed by atoms with E-state index in [0.29, 0.717) is 11.5 Å². The Bertz CT molecular complexity index is 420. The van der Waals surface area contributed by atoms with Gasteiger partial charge in [0.2, 0.25) is 0 Å². The predicted octanol–water partition coefficient (Wildman–Crippen LogP) is 1.93. The zero-order chi connectivity index (χ0) is 13.1. The monoisotopic (exact) mass is 284 g/mol. The van der Waals surface area contributed by atoms with Crippen LogP contribution in [0.4, 0.5) is 0 Å². The molecule has 1 heterocycles. The average Bonchev–Trinajstić information content (AvgIpc) is 2.88. The SMILES string of the molecule is COc1ccc(C(=O)N2CCC(C(C)N)C2)cc1.Cl. The van der Waals surface area contributed by atoms with Gasteiger partial charge in [0.05, 0.1) is 7.11 Å². The van der Waals surface area contributed by atoms with Gasteiger partial charge in [0.15, 0.2) is 0 Å². The fourth-order valence-corrected chi connectivity index (χ4v) is 2.32. The van der Waals surface area contributed by atoms with Crippen LogP contribution in [0.2, 0.25) is 0 Å². The van der Waals surface area contributed by atoms with E-state index >= 15 is 0 Å². The summed E-state index contributed by atoms with van der Waals surface area (Å²) in [6, 6.07) is 7.39. The molecule has 1 aromatic rings. The third-order valence-corrected chi connectivity index (χ3v) is 3.59. The van der Waals surface area contributed by atoms with E-state index in [2.05, 4.69) is 0 Å². The number of nitrogens with two attached hydrogens (primary N) is 1. The van der Waals surface area contributed by atoms with Gasteiger partial charge in [0.1, 0.15) is 5.75 Å². The van der Waals surface area contributed by atoms with Gasteiger partial charge in [-0.1, -0.05) is 0 Å². The van der Waals surface area contributed by atoms with Gasteiger partial charge in [-0.2, -0.15) is 0 Å². The third kappa shape index (κ3) is 3.61. The summed E-state index contributed by atoms with van der Waals surface area (Å²) < 4.78 is 5.08. The van der Waals surface area contributed by atoms with Gasteiger partial charge in [0, 0.05) is 24.7 Å². The van der Waals surface area contributed by atoms with Crippen molar-refractivity contribution in [2.75, 3.05) is 20.2 Å². The molecule has 2 rings (SSSR count). The summed E-state index contributed by atoms with van der Waals surface area (Å²) in [6.45, 7) is 3.58. The molecule has 0 saturated carbocycles. The number of amides is 1. The number of hydrogen-bond acceptors (Lipinski definition) is 3. The van der Waals surface area contributed by atoms with Crippen LogP contribution in [0, 0.1) is 5.92 Å². The molecule has 4 nitrogen and oxygen atoms in total. The highest BCUT2D eigenvalue weighted by molar-refractivity contribution is 5.94. The van der Waals surface area contributed by atoms with Gasteiger partial charge in [0.25, 0.3) is 5.91 Å². The molecule has 0 aliphatic carbocycles. The highest BCUT2D eigenvalue weighted by atomic mass is 35.5. The van der Waals surface area contributed by atoms with Crippen molar-refractivity contribution < 1.29 is 9.53 Å². The van der Waals surface area contributed by atoms with E-state index in [1.54, 1.807) is 19.2 Å². The van der Waals surface area contributed by atoms with Crippen LogP contribution in [0.3, 0.4) is 0 Å². The maximum atomic E-state index is 12.3. The molecule has 0 bridgehead atoms. The molecule has 1 amide bonds. The van der Waals surface area contributed by atoms with Gasteiger partial charge < -0.3 is 15.4 Å². The molecule has 5 heteroatoms. The molecular weight excluding hydrogens is 264 g/mol. The second-order valence-electron chi connectivity index (χ2n) is 4.89. The normalized spacial score (nSPS) is 19.7. The Labute approximate surface area is 120 Å². The van der Waals surface area contributed by atoms with E-state index in [1.165, 1.54) is 0 Å². The van der Waals surface area contributed by atoms with Crippen molar-refractivity contribution >= 4 is 18.3 Å². The predicted molar refractivity (Wildman–Crippen MR) is 77.9 cm³/mol. The van der Waals surface area contributed by atoms with Crippen molar-refractivity contribution in [3.63, 3.8) is 0 Å². The second-order valence-corrected chi connectivity index (χ2v) is 4.89. The molecular formula is C14H21ClN2O2. The van der Waals surface area contributed by atoms with Gasteiger partial charge >= 0.3 is 0 Å². The topological polar surface area (TPSA) is 55.6 Å². The molecule has 0 spiro atoms. The fourth-order valence-electron chi connectivity index (χ4n) is 2.32. The van der Waals surface area contributed by atoms with Crippen LogP contribution in [-0.2, 0) is 0 Å². The molecule has 1 aliphatic rings. The largest absolute Gasteiger partial charge is 0.497 e. The zero-order valence-corrected chi connectivity index (χ0v) is 12.2. The summed E-state index contributed by atoms with van der Waals surface area (Å²) in [5, 5.41) is 0. The minimum Gasteiger partial charge on any atom is -0.497 e. The molecule has 1 aliphatic heterocycles. The molecule has 2 N–H and O–H groups in total. The van der Waals surface area contributed by atoms with E-state index in [1.807, 2.05) is 24.0 Å². The summed E-state index contributed by atoms with van der Waals surface area (Å²) >= 11 is 0. The number of benzene rings is 1. The van der Waals surface area contributed by atoms with Crippen molar-refractivity contribution in [3.05, 3.63) is 29.8 Å². The Hall–Kier alpha value is -1.26. The maximum Gasteiger partial charge on any atom is 0.253 e. The molecule has 0 radical (unpaired) electrons. The van der Waals surface area contributed by atoms with Gasteiger partial charge in [-0.25, -0.2) is 0 Å². The Morgan fingerprint density at radius 1 is 1.42 bits per heavy atom. The molecule has 1 aromatic carbocycles. The number of ether oxygens (including phenoxy) is 1. The number of carbonyl (C=O) groups is 1. The lowest BCUT2D eigenvalue weighted by molar-refractivity contribution is 0.0786. The smallest absolute Gasteiger partial charge is 0.253 e. The van der Waals surface area contributed by atoms with Crippen LogP contribution in [0.15, 0.2) is 24.3 Å². The Balaban J connectivity index is 0.00000180. The highest BCUT2D eigenvalue weighted by Gasteiger charge is 2.28. The number of hydrogen-bond donors (Lipinski definition) is 1. The van der Waals surface area contributed by atoms with Crippen molar-refractivity contribution in [3.8, 4) is 5.75 Å². The van der Waals surface area contributed by atoms with Crippen molar-refractivity contribution in [2.45, 2.75) is 19.4 Å². The lowest BCUT2D eigenvalue weighted by Gasteiger charge is -2.18. The van der Waals surface area contributed by atoms with E-state index in [4.69, 9.17) is 10.5 Å². The zero-order valence-electron chi connectivity index (χ0n) is 11.3. The van der Waals surface area contributed by atoms with Crippen LogP contribution in [0.25, 0.3) is 0 Å². The minimum atomic E-state index is 0. The first-order valence-corrected chi connectivity index (χ1v) is 6.30. The number of methoxy groups -OCH3 is 1. The fraction of sp³-hybridized carbons (Fsp3) is 0.500. The van der Waals surface area contributed by atoms with Crippen LogP contribution in [0.5, 0.6) is 5.75 Å². The first kappa shape index (κ1) is 15.8. The molecule has 2 unspecified atom stereocenters. The Morgan fingerprint density at radius 3 is 2.53 bits per heavy atom. The van der Waals surface area contributed by atoms with Crippen molar-refractivity contribution in [1.29, 1.82) is 0 Å². The summed E-state index contributed by atoms with van der Waals surface area (Å²) in [4.78, 5) is 14.1. The van der Waals surface area contributed by atoms with Crippen LogP contribution < -0.4 is 10.5 Å². The van der Waals surface area contributed by atoms with E-state index in [0.717, 1.165) is 25.3 Å². The standard InChI is InChI=1S/C14H20N2O2.ClH/c1-10(15)12-7-8-16(9-12)14(17)11-3-5-13(18-2)6-4-11;/h3-6,10,12H,7-9,15H2,1-2H3;1H. The first-order valence-electron chi connectivity index (χ1n) is 6.30. The summed E-state index contributed by atoms with van der Waals surface area (Å²) in [5.74, 6) is 1.27. The lowest BCUT2D eigenvalue weighted by atomic mass is 10.0. The lowest BCUT2D eigenvalue weighted by Crippen LogP contribution is -2.32. The van der Waals surface area contributed by atoms with Crippen LogP contribution in [0.1, 0.15) is 23.7 Å². The van der Waals surface area contributed by atoms with Gasteiger partial charge in [-0.05, 0) is 43.5 Å². The molecule has 1 fully saturated rings. The number of rotatable bonds is 3. The Morgan fingerprint density at radius 2 is 2.05 bits per heavy atom. The molecule has 0 aromatic heterocycles. The third-order valence-electron chi connectivity index (χ3n) is 3.59.